The number of amides is 1. The number of anilines is 1. The predicted molar refractivity (Wildman–Crippen MR) is 109 cm³/mol. The van der Waals surface area contributed by atoms with Crippen LogP contribution in [0.5, 0.6) is 0 Å². The monoisotopic (exact) mass is 415 g/mol. The lowest BCUT2D eigenvalue weighted by molar-refractivity contribution is 0.103. The quantitative estimate of drug-likeness (QED) is 0.460. The largest absolute Gasteiger partial charge is 0.297 e. The number of rotatable bonds is 5. The summed E-state index contributed by atoms with van der Waals surface area (Å²) in [4.78, 5) is 23.2. The van der Waals surface area contributed by atoms with Gasteiger partial charge in [-0.25, -0.2) is 14.4 Å². The van der Waals surface area contributed by atoms with Gasteiger partial charge in [0.1, 0.15) is 10.7 Å². The van der Waals surface area contributed by atoms with E-state index in [4.69, 9.17) is 0 Å². The highest BCUT2D eigenvalue weighted by Crippen LogP contribution is 2.29. The summed E-state index contributed by atoms with van der Waals surface area (Å²) >= 11 is 4.36. The Hall–Kier alpha value is -2.42. The van der Waals surface area contributed by atoms with Gasteiger partial charge in [-0.1, -0.05) is 18.2 Å². The molecule has 0 unspecified atom stereocenters. The van der Waals surface area contributed by atoms with Gasteiger partial charge in [0.05, 0.1) is 21.3 Å². The van der Waals surface area contributed by atoms with Crippen molar-refractivity contribution < 1.29 is 9.18 Å². The zero-order chi connectivity index (χ0) is 18.8. The maximum atomic E-state index is 13.0. The topological polar surface area (TPSA) is 54.9 Å². The van der Waals surface area contributed by atoms with Crippen LogP contribution in [0.1, 0.15) is 25.9 Å². The fourth-order valence-electron chi connectivity index (χ4n) is 2.54. The van der Waals surface area contributed by atoms with Gasteiger partial charge in [-0.2, -0.15) is 0 Å². The molecular formula is C19H14FN3OS3. The van der Waals surface area contributed by atoms with Crippen LogP contribution >= 0.6 is 34.0 Å². The number of benzene rings is 1. The van der Waals surface area contributed by atoms with E-state index in [-0.39, 0.29) is 11.7 Å². The Balaban J connectivity index is 1.47. The van der Waals surface area contributed by atoms with Crippen LogP contribution in [0.15, 0.2) is 47.2 Å². The molecule has 0 radical (unpaired) electrons. The number of thiazole rings is 2. The van der Waals surface area contributed by atoms with Crippen molar-refractivity contribution in [3.8, 4) is 10.6 Å². The predicted octanol–water partition coefficient (Wildman–Crippen LogP) is 5.62. The molecule has 136 valence electrons. The number of aryl methyl sites for hydroxylation is 1. The van der Waals surface area contributed by atoms with Gasteiger partial charge >= 0.3 is 0 Å². The first kappa shape index (κ1) is 18.0. The highest BCUT2D eigenvalue weighted by Gasteiger charge is 2.17. The number of carbonyl (C=O) groups excluding carboxylic acids is 1. The van der Waals surface area contributed by atoms with Gasteiger partial charge in [-0.05, 0) is 36.1 Å². The van der Waals surface area contributed by atoms with Crippen LogP contribution in [0, 0.1) is 12.7 Å². The third-order valence-corrected chi connectivity index (χ3v) is 6.62. The number of hydrogen-bond acceptors (Lipinski definition) is 6. The standard InChI is InChI=1S/C19H14FN3OS3/c1-11-17(27-16(21-11)9-12-4-6-13(20)7-5-12)18(24)23-19-22-14(10-26-19)15-3-2-8-25-15/h2-8,10H,9H2,1H3,(H,22,23,24). The van der Waals surface area contributed by atoms with E-state index in [9.17, 15) is 9.18 Å². The number of halogens is 1. The van der Waals surface area contributed by atoms with Gasteiger partial charge < -0.3 is 0 Å². The number of aromatic nitrogens is 2. The number of hydrogen-bond donors (Lipinski definition) is 1. The third kappa shape index (κ3) is 4.13. The lowest BCUT2D eigenvalue weighted by Crippen LogP contribution is -2.11. The molecule has 0 atom stereocenters. The summed E-state index contributed by atoms with van der Waals surface area (Å²) in [5.74, 6) is -0.470. The first-order chi connectivity index (χ1) is 13.1. The highest BCUT2D eigenvalue weighted by molar-refractivity contribution is 7.16. The van der Waals surface area contributed by atoms with Crippen LogP contribution in [0.25, 0.3) is 10.6 Å². The Morgan fingerprint density at radius 1 is 1.15 bits per heavy atom. The number of carbonyl (C=O) groups is 1. The summed E-state index contributed by atoms with van der Waals surface area (Å²) in [5.41, 5.74) is 2.51. The van der Waals surface area contributed by atoms with Crippen molar-refractivity contribution in [2.24, 2.45) is 0 Å². The summed E-state index contributed by atoms with van der Waals surface area (Å²) in [6.45, 7) is 1.82. The Morgan fingerprint density at radius 2 is 1.96 bits per heavy atom. The van der Waals surface area contributed by atoms with Gasteiger partial charge in [-0.3, -0.25) is 10.1 Å². The van der Waals surface area contributed by atoms with E-state index in [1.807, 2.05) is 29.8 Å². The van der Waals surface area contributed by atoms with Crippen LogP contribution in [0.2, 0.25) is 0 Å². The smallest absolute Gasteiger partial charge is 0.269 e. The summed E-state index contributed by atoms with van der Waals surface area (Å²) in [7, 11) is 0. The van der Waals surface area contributed by atoms with E-state index in [1.165, 1.54) is 34.8 Å². The van der Waals surface area contributed by atoms with Gasteiger partial charge in [0.25, 0.3) is 5.91 Å². The van der Waals surface area contributed by atoms with Gasteiger partial charge in [-0.15, -0.1) is 34.0 Å². The van der Waals surface area contributed by atoms with Crippen molar-refractivity contribution in [2.75, 3.05) is 5.32 Å². The van der Waals surface area contributed by atoms with Crippen LogP contribution in [-0.4, -0.2) is 15.9 Å². The molecule has 0 aliphatic rings. The molecule has 3 aromatic heterocycles. The zero-order valence-electron chi connectivity index (χ0n) is 14.2. The molecule has 8 heteroatoms. The van der Waals surface area contributed by atoms with E-state index < -0.39 is 0 Å². The molecular weight excluding hydrogens is 401 g/mol. The minimum Gasteiger partial charge on any atom is -0.297 e. The summed E-state index contributed by atoms with van der Waals surface area (Å²) in [6.07, 6.45) is 0.568. The molecule has 0 saturated carbocycles. The molecule has 0 spiro atoms. The Morgan fingerprint density at radius 3 is 2.70 bits per heavy atom. The molecule has 27 heavy (non-hydrogen) atoms. The third-order valence-electron chi connectivity index (χ3n) is 3.81. The van der Waals surface area contributed by atoms with Gasteiger partial charge in [0, 0.05) is 11.8 Å². The normalized spacial score (nSPS) is 10.9. The lowest BCUT2D eigenvalue weighted by atomic mass is 10.1. The second kappa shape index (κ2) is 7.67. The molecule has 4 aromatic rings. The van der Waals surface area contributed by atoms with Crippen LogP contribution < -0.4 is 5.32 Å². The van der Waals surface area contributed by atoms with E-state index in [1.54, 1.807) is 23.5 Å². The van der Waals surface area contributed by atoms with Crippen LogP contribution in [0.4, 0.5) is 9.52 Å². The lowest BCUT2D eigenvalue weighted by Gasteiger charge is -1.99. The van der Waals surface area contributed by atoms with Crippen LogP contribution in [0.3, 0.4) is 0 Å². The average Bonchev–Trinajstić information content (AvgIpc) is 3.38. The first-order valence-electron chi connectivity index (χ1n) is 8.10. The fourth-order valence-corrected chi connectivity index (χ4v) is 5.00. The fraction of sp³-hybridized carbons (Fsp3) is 0.105. The summed E-state index contributed by atoms with van der Waals surface area (Å²) in [6, 6.07) is 10.3. The second-order valence-corrected chi connectivity index (χ2v) is 8.68. The van der Waals surface area contributed by atoms with Gasteiger partial charge in [0.15, 0.2) is 5.13 Å². The number of thiophene rings is 1. The van der Waals surface area contributed by atoms with Crippen molar-refractivity contribution in [1.29, 1.82) is 0 Å². The van der Waals surface area contributed by atoms with Crippen molar-refractivity contribution in [2.45, 2.75) is 13.3 Å². The Bertz CT molecular complexity index is 1070. The molecule has 3 heterocycles. The molecule has 4 nitrogen and oxygen atoms in total. The van der Waals surface area contributed by atoms with E-state index in [0.29, 0.717) is 22.1 Å². The molecule has 1 aromatic carbocycles. The van der Waals surface area contributed by atoms with E-state index >= 15 is 0 Å². The highest BCUT2D eigenvalue weighted by atomic mass is 32.1. The molecule has 1 N–H and O–H groups in total. The second-order valence-electron chi connectivity index (χ2n) is 5.79. The van der Waals surface area contributed by atoms with Crippen molar-refractivity contribution in [3.63, 3.8) is 0 Å². The molecule has 0 bridgehead atoms. The van der Waals surface area contributed by atoms with E-state index in [0.717, 1.165) is 21.1 Å². The SMILES string of the molecule is Cc1nc(Cc2ccc(F)cc2)sc1C(=O)Nc1nc(-c2cccs2)cs1. The minimum absolute atomic E-state index is 0.206. The number of nitrogens with one attached hydrogen (secondary N) is 1. The summed E-state index contributed by atoms with van der Waals surface area (Å²) < 4.78 is 13.0. The summed E-state index contributed by atoms with van der Waals surface area (Å²) in [5, 5.41) is 8.18. The molecule has 0 fully saturated rings. The molecule has 1 amide bonds. The Labute approximate surface area is 167 Å². The molecule has 0 aliphatic heterocycles. The zero-order valence-corrected chi connectivity index (χ0v) is 16.7. The molecule has 0 saturated heterocycles. The average molecular weight is 416 g/mol. The number of nitrogens with zero attached hydrogens (tertiary/aromatic N) is 2. The molecule has 0 aliphatic carbocycles. The van der Waals surface area contributed by atoms with Crippen molar-refractivity contribution in [1.82, 2.24) is 9.97 Å². The maximum absolute atomic E-state index is 13.0. The van der Waals surface area contributed by atoms with Crippen LogP contribution in [-0.2, 0) is 6.42 Å². The van der Waals surface area contributed by atoms with Gasteiger partial charge in [0.2, 0.25) is 0 Å². The Kier molecular flexibility index (Phi) is 5.11. The maximum Gasteiger partial charge on any atom is 0.269 e. The van der Waals surface area contributed by atoms with E-state index in [2.05, 4.69) is 15.3 Å². The first-order valence-corrected chi connectivity index (χ1v) is 10.7. The van der Waals surface area contributed by atoms with Crippen molar-refractivity contribution >= 4 is 45.0 Å². The minimum atomic E-state index is -0.264. The molecule has 4 rings (SSSR count). The van der Waals surface area contributed by atoms with Crippen molar-refractivity contribution in [3.05, 3.63) is 74.1 Å².